The van der Waals surface area contributed by atoms with Crippen molar-refractivity contribution in [1.29, 1.82) is 0 Å². The number of ether oxygens (including phenoxy) is 3. The van der Waals surface area contributed by atoms with Crippen LogP contribution in [0.25, 0.3) is 0 Å². The summed E-state index contributed by atoms with van der Waals surface area (Å²) in [6.07, 6.45) is 3.32. The van der Waals surface area contributed by atoms with Crippen LogP contribution in [0.15, 0.2) is 36.4 Å². The van der Waals surface area contributed by atoms with E-state index in [1.165, 1.54) is 12.1 Å². The zero-order valence-electron chi connectivity index (χ0n) is 16.5. The third-order valence-corrected chi connectivity index (χ3v) is 5.49. The van der Waals surface area contributed by atoms with Crippen LogP contribution in [-0.4, -0.2) is 27.2 Å². The van der Waals surface area contributed by atoms with Crippen molar-refractivity contribution >= 4 is 5.91 Å². The van der Waals surface area contributed by atoms with Gasteiger partial charge in [0.2, 0.25) is 5.91 Å². The summed E-state index contributed by atoms with van der Waals surface area (Å²) >= 11 is 0. The fourth-order valence-corrected chi connectivity index (χ4v) is 3.99. The molecule has 0 heterocycles. The summed E-state index contributed by atoms with van der Waals surface area (Å²) in [5.74, 6) is 1.31. The summed E-state index contributed by atoms with van der Waals surface area (Å²) < 4.78 is 29.9. The van der Waals surface area contributed by atoms with Gasteiger partial charge >= 0.3 is 0 Å². The number of rotatable bonds is 7. The average Bonchev–Trinajstić information content (AvgIpc) is 3.22. The first-order chi connectivity index (χ1) is 13.5. The Balaban J connectivity index is 1.84. The molecule has 0 aromatic heterocycles. The molecule has 1 fully saturated rings. The Morgan fingerprint density at radius 1 is 1.00 bits per heavy atom. The molecule has 0 bridgehead atoms. The van der Waals surface area contributed by atoms with Gasteiger partial charge in [0, 0.05) is 18.2 Å². The maximum absolute atomic E-state index is 13.8. The monoisotopic (exact) mass is 387 g/mol. The van der Waals surface area contributed by atoms with Gasteiger partial charge in [-0.15, -0.1) is 0 Å². The lowest BCUT2D eigenvalue weighted by atomic mass is 9.78. The van der Waals surface area contributed by atoms with Crippen LogP contribution >= 0.6 is 0 Å². The van der Waals surface area contributed by atoms with E-state index in [-0.39, 0.29) is 18.3 Å². The minimum Gasteiger partial charge on any atom is -0.496 e. The fraction of sp³-hybridized carbons (Fsp3) is 0.409. The lowest BCUT2D eigenvalue weighted by Crippen LogP contribution is -2.42. The molecule has 28 heavy (non-hydrogen) atoms. The summed E-state index contributed by atoms with van der Waals surface area (Å²) in [5.41, 5.74) is 0.828. The van der Waals surface area contributed by atoms with E-state index >= 15 is 0 Å². The van der Waals surface area contributed by atoms with E-state index in [0.717, 1.165) is 24.0 Å². The zero-order chi connectivity index (χ0) is 20.1. The van der Waals surface area contributed by atoms with E-state index in [4.69, 9.17) is 14.2 Å². The lowest BCUT2D eigenvalue weighted by Gasteiger charge is -2.28. The summed E-state index contributed by atoms with van der Waals surface area (Å²) in [6, 6.07) is 9.90. The van der Waals surface area contributed by atoms with Crippen LogP contribution in [0.4, 0.5) is 4.39 Å². The third kappa shape index (κ3) is 3.77. The zero-order valence-corrected chi connectivity index (χ0v) is 16.5. The number of hydrogen-bond donors (Lipinski definition) is 1. The SMILES string of the molecule is COc1cc(OC)c(OC)cc1CNC(=O)C1(c2cccc(F)c2)CCCC1. The van der Waals surface area contributed by atoms with Crippen molar-refractivity contribution < 1.29 is 23.4 Å². The Kier molecular flexibility index (Phi) is 6.07. The van der Waals surface area contributed by atoms with E-state index in [0.29, 0.717) is 30.1 Å². The molecule has 2 aromatic rings. The van der Waals surface area contributed by atoms with Gasteiger partial charge in [-0.25, -0.2) is 4.39 Å². The van der Waals surface area contributed by atoms with E-state index in [1.54, 1.807) is 39.5 Å². The van der Waals surface area contributed by atoms with Gasteiger partial charge in [0.25, 0.3) is 0 Å². The van der Waals surface area contributed by atoms with Crippen molar-refractivity contribution in [3.63, 3.8) is 0 Å². The number of halogens is 1. The number of carbonyl (C=O) groups excluding carboxylic acids is 1. The first-order valence-corrected chi connectivity index (χ1v) is 9.37. The molecule has 2 aromatic carbocycles. The number of amides is 1. The second kappa shape index (κ2) is 8.50. The highest BCUT2D eigenvalue weighted by molar-refractivity contribution is 5.88. The Hall–Kier alpha value is -2.76. The highest BCUT2D eigenvalue weighted by Gasteiger charge is 2.42. The highest BCUT2D eigenvalue weighted by atomic mass is 19.1. The Morgan fingerprint density at radius 2 is 1.64 bits per heavy atom. The van der Waals surface area contributed by atoms with Gasteiger partial charge in [0.05, 0.1) is 26.7 Å². The Bertz CT molecular complexity index is 846. The molecule has 0 radical (unpaired) electrons. The number of hydrogen-bond acceptors (Lipinski definition) is 4. The van der Waals surface area contributed by atoms with E-state index < -0.39 is 5.41 Å². The molecule has 3 rings (SSSR count). The number of benzene rings is 2. The molecule has 1 aliphatic rings. The molecule has 5 nitrogen and oxygen atoms in total. The summed E-state index contributed by atoms with van der Waals surface area (Å²) in [4.78, 5) is 13.2. The highest BCUT2D eigenvalue weighted by Crippen LogP contribution is 2.42. The standard InChI is InChI=1S/C22H26FNO4/c1-26-18-13-20(28-3)19(27-2)11-15(18)14-24-21(25)22(9-4-5-10-22)16-7-6-8-17(23)12-16/h6-8,11-13H,4-5,9-10,14H2,1-3H3,(H,24,25). The van der Waals surface area contributed by atoms with Crippen LogP contribution in [0.3, 0.4) is 0 Å². The van der Waals surface area contributed by atoms with Crippen molar-refractivity contribution in [2.75, 3.05) is 21.3 Å². The van der Waals surface area contributed by atoms with Gasteiger partial charge in [-0.1, -0.05) is 25.0 Å². The topological polar surface area (TPSA) is 56.8 Å². The molecule has 0 aliphatic heterocycles. The third-order valence-electron chi connectivity index (χ3n) is 5.49. The largest absolute Gasteiger partial charge is 0.496 e. The van der Waals surface area contributed by atoms with Crippen LogP contribution < -0.4 is 19.5 Å². The minimum atomic E-state index is -0.689. The Labute approximate surface area is 164 Å². The van der Waals surface area contributed by atoms with Gasteiger partial charge in [0.15, 0.2) is 11.5 Å². The van der Waals surface area contributed by atoms with Gasteiger partial charge in [0.1, 0.15) is 11.6 Å². The maximum atomic E-state index is 13.8. The molecule has 0 unspecified atom stereocenters. The summed E-state index contributed by atoms with van der Waals surface area (Å²) in [6.45, 7) is 0.277. The molecule has 1 saturated carbocycles. The second-order valence-corrected chi connectivity index (χ2v) is 7.00. The van der Waals surface area contributed by atoms with Crippen LogP contribution in [0, 0.1) is 5.82 Å². The first kappa shape index (κ1) is 20.0. The van der Waals surface area contributed by atoms with Crippen molar-refractivity contribution in [2.45, 2.75) is 37.6 Å². The minimum absolute atomic E-state index is 0.0903. The Morgan fingerprint density at radius 3 is 2.25 bits per heavy atom. The predicted molar refractivity (Wildman–Crippen MR) is 104 cm³/mol. The van der Waals surface area contributed by atoms with Crippen LogP contribution in [0.1, 0.15) is 36.8 Å². The van der Waals surface area contributed by atoms with Crippen molar-refractivity contribution in [2.24, 2.45) is 0 Å². The van der Waals surface area contributed by atoms with Crippen LogP contribution in [0.2, 0.25) is 0 Å². The maximum Gasteiger partial charge on any atom is 0.230 e. The van der Waals surface area contributed by atoms with Gasteiger partial charge < -0.3 is 19.5 Å². The van der Waals surface area contributed by atoms with E-state index in [2.05, 4.69) is 5.32 Å². The van der Waals surface area contributed by atoms with E-state index in [9.17, 15) is 9.18 Å². The van der Waals surface area contributed by atoms with Crippen LogP contribution in [0.5, 0.6) is 17.2 Å². The van der Waals surface area contributed by atoms with Gasteiger partial charge in [-0.3, -0.25) is 4.79 Å². The smallest absolute Gasteiger partial charge is 0.230 e. The molecule has 1 amide bonds. The summed E-state index contributed by atoms with van der Waals surface area (Å²) in [5, 5.41) is 3.03. The fourth-order valence-electron chi connectivity index (χ4n) is 3.99. The normalized spacial score (nSPS) is 15.1. The molecule has 1 aliphatic carbocycles. The van der Waals surface area contributed by atoms with Crippen molar-refractivity contribution in [3.8, 4) is 17.2 Å². The predicted octanol–water partition coefficient (Wildman–Crippen LogP) is 3.98. The van der Waals surface area contributed by atoms with Crippen molar-refractivity contribution in [1.82, 2.24) is 5.32 Å². The molecular formula is C22H26FNO4. The molecule has 0 atom stereocenters. The number of methoxy groups -OCH3 is 3. The molecular weight excluding hydrogens is 361 g/mol. The molecule has 150 valence electrons. The molecule has 0 spiro atoms. The summed E-state index contributed by atoms with van der Waals surface area (Å²) in [7, 11) is 4.68. The van der Waals surface area contributed by atoms with Gasteiger partial charge in [-0.05, 0) is 36.6 Å². The molecule has 0 saturated heterocycles. The van der Waals surface area contributed by atoms with Crippen LogP contribution in [-0.2, 0) is 16.8 Å². The van der Waals surface area contributed by atoms with Crippen molar-refractivity contribution in [3.05, 3.63) is 53.3 Å². The molecule has 1 N–H and O–H groups in total. The van der Waals surface area contributed by atoms with Gasteiger partial charge in [-0.2, -0.15) is 0 Å². The number of carbonyl (C=O) groups is 1. The first-order valence-electron chi connectivity index (χ1n) is 9.37. The second-order valence-electron chi connectivity index (χ2n) is 7.00. The van der Waals surface area contributed by atoms with E-state index in [1.807, 2.05) is 6.07 Å². The lowest BCUT2D eigenvalue weighted by molar-refractivity contribution is -0.126. The molecule has 6 heteroatoms. The number of nitrogens with one attached hydrogen (secondary N) is 1. The quantitative estimate of drug-likeness (QED) is 0.781. The average molecular weight is 387 g/mol.